The van der Waals surface area contributed by atoms with E-state index in [1.54, 1.807) is 47.3 Å². The second kappa shape index (κ2) is 8.88. The summed E-state index contributed by atoms with van der Waals surface area (Å²) in [5.74, 6) is -1.83. The fourth-order valence-electron chi connectivity index (χ4n) is 3.56. The standard InChI is InChI=1S/C22H22N6O3/c23-20(30)19(29)11-17(14-5-2-1-3-6-14)26-22(31)16-7-4-9-25-21(16)28-13-15-8-10-24-12-18(15)27-28/h1-7,9,13,17,24H,8,10-12H2,(H2,23,30)(H,26,31). The Labute approximate surface area is 178 Å². The number of primary amides is 1. The number of benzene rings is 1. The lowest BCUT2D eigenvalue weighted by atomic mass is 10.0. The average molecular weight is 418 g/mol. The first kappa shape index (κ1) is 20.4. The molecular formula is C22H22N6O3. The van der Waals surface area contributed by atoms with E-state index in [4.69, 9.17) is 5.73 Å². The topological polar surface area (TPSA) is 132 Å². The predicted octanol–water partition coefficient (Wildman–Crippen LogP) is 0.829. The number of nitrogens with two attached hydrogens (primary N) is 1. The molecule has 0 radical (unpaired) electrons. The van der Waals surface area contributed by atoms with Crippen LogP contribution < -0.4 is 16.4 Å². The molecule has 9 nitrogen and oxygen atoms in total. The van der Waals surface area contributed by atoms with Gasteiger partial charge in [-0.2, -0.15) is 5.10 Å². The van der Waals surface area contributed by atoms with Crippen molar-refractivity contribution in [1.29, 1.82) is 0 Å². The van der Waals surface area contributed by atoms with Gasteiger partial charge < -0.3 is 16.4 Å². The highest BCUT2D eigenvalue weighted by Gasteiger charge is 2.24. The van der Waals surface area contributed by atoms with Crippen LogP contribution in [0.1, 0.15) is 39.6 Å². The van der Waals surface area contributed by atoms with Crippen molar-refractivity contribution in [2.24, 2.45) is 5.73 Å². The molecule has 1 aromatic carbocycles. The van der Waals surface area contributed by atoms with Gasteiger partial charge >= 0.3 is 0 Å². The molecule has 0 spiro atoms. The number of rotatable bonds is 7. The Morgan fingerprint density at radius 2 is 1.97 bits per heavy atom. The summed E-state index contributed by atoms with van der Waals surface area (Å²) in [6.07, 6.45) is 4.11. The van der Waals surface area contributed by atoms with E-state index < -0.39 is 23.6 Å². The molecule has 2 amide bonds. The number of hydrogen-bond acceptors (Lipinski definition) is 6. The van der Waals surface area contributed by atoms with Crippen LogP contribution in [-0.2, 0) is 22.6 Å². The highest BCUT2D eigenvalue weighted by molar-refractivity contribution is 6.35. The summed E-state index contributed by atoms with van der Waals surface area (Å²) >= 11 is 0. The number of hydrogen-bond donors (Lipinski definition) is 3. The van der Waals surface area contributed by atoms with E-state index in [2.05, 4.69) is 20.7 Å². The van der Waals surface area contributed by atoms with Gasteiger partial charge in [0.1, 0.15) is 0 Å². The number of fused-ring (bicyclic) bond motifs is 1. The van der Waals surface area contributed by atoms with Crippen molar-refractivity contribution in [3.63, 3.8) is 0 Å². The largest absolute Gasteiger partial charge is 0.363 e. The van der Waals surface area contributed by atoms with E-state index in [1.807, 2.05) is 12.3 Å². The summed E-state index contributed by atoms with van der Waals surface area (Å²) in [6, 6.07) is 11.6. The smallest absolute Gasteiger partial charge is 0.284 e. The Hall–Kier alpha value is -3.85. The van der Waals surface area contributed by atoms with E-state index in [-0.39, 0.29) is 6.42 Å². The van der Waals surface area contributed by atoms with Gasteiger partial charge in [-0.05, 0) is 36.2 Å². The molecule has 0 saturated carbocycles. The van der Waals surface area contributed by atoms with E-state index in [9.17, 15) is 14.4 Å². The number of ketones is 1. The Kier molecular flexibility index (Phi) is 5.85. The molecule has 3 aromatic rings. The van der Waals surface area contributed by atoms with Crippen molar-refractivity contribution >= 4 is 17.6 Å². The molecule has 158 valence electrons. The first-order chi connectivity index (χ1) is 15.0. The van der Waals surface area contributed by atoms with Crippen LogP contribution in [0.3, 0.4) is 0 Å². The molecule has 3 heterocycles. The zero-order valence-corrected chi connectivity index (χ0v) is 16.7. The summed E-state index contributed by atoms with van der Waals surface area (Å²) < 4.78 is 1.61. The van der Waals surface area contributed by atoms with E-state index in [1.165, 1.54) is 0 Å². The molecule has 1 aliphatic rings. The minimum absolute atomic E-state index is 0.234. The molecule has 1 aliphatic heterocycles. The summed E-state index contributed by atoms with van der Waals surface area (Å²) in [5.41, 5.74) is 8.17. The van der Waals surface area contributed by atoms with Gasteiger partial charge in [0.2, 0.25) is 5.78 Å². The lowest BCUT2D eigenvalue weighted by Gasteiger charge is -2.19. The maximum Gasteiger partial charge on any atom is 0.284 e. The molecule has 0 aliphatic carbocycles. The van der Waals surface area contributed by atoms with E-state index in [0.717, 1.165) is 24.2 Å². The number of nitrogens with one attached hydrogen (secondary N) is 2. The van der Waals surface area contributed by atoms with Gasteiger partial charge in [0, 0.05) is 25.4 Å². The molecule has 0 fully saturated rings. The van der Waals surface area contributed by atoms with Crippen LogP contribution in [0, 0.1) is 0 Å². The molecule has 2 aromatic heterocycles. The fraction of sp³-hybridized carbons (Fsp3) is 0.227. The molecule has 0 saturated heterocycles. The summed E-state index contributed by atoms with van der Waals surface area (Å²) in [6.45, 7) is 1.54. The molecular weight excluding hydrogens is 396 g/mol. The van der Waals surface area contributed by atoms with Crippen molar-refractivity contribution in [3.05, 3.63) is 77.2 Å². The van der Waals surface area contributed by atoms with Gasteiger partial charge in [0.15, 0.2) is 5.82 Å². The van der Waals surface area contributed by atoms with Crippen LogP contribution in [0.5, 0.6) is 0 Å². The minimum atomic E-state index is -1.03. The van der Waals surface area contributed by atoms with Crippen LogP contribution >= 0.6 is 0 Å². The van der Waals surface area contributed by atoms with Gasteiger partial charge in [-0.3, -0.25) is 14.4 Å². The van der Waals surface area contributed by atoms with Gasteiger partial charge in [-0.15, -0.1) is 0 Å². The van der Waals surface area contributed by atoms with Crippen molar-refractivity contribution in [2.75, 3.05) is 6.54 Å². The number of amides is 2. The van der Waals surface area contributed by atoms with Crippen LogP contribution in [0.15, 0.2) is 54.9 Å². The van der Waals surface area contributed by atoms with Gasteiger partial charge in [0.05, 0.1) is 17.3 Å². The van der Waals surface area contributed by atoms with Crippen LogP contribution in [0.25, 0.3) is 5.82 Å². The van der Waals surface area contributed by atoms with Crippen LogP contribution in [0.4, 0.5) is 0 Å². The Balaban J connectivity index is 1.63. The maximum atomic E-state index is 13.2. The predicted molar refractivity (Wildman–Crippen MR) is 112 cm³/mol. The number of nitrogens with zero attached hydrogens (tertiary/aromatic N) is 3. The van der Waals surface area contributed by atoms with Crippen LogP contribution in [-0.4, -0.2) is 38.9 Å². The summed E-state index contributed by atoms with van der Waals surface area (Å²) in [4.78, 5) is 40.8. The summed E-state index contributed by atoms with van der Waals surface area (Å²) in [5, 5.41) is 10.7. The third kappa shape index (κ3) is 4.51. The minimum Gasteiger partial charge on any atom is -0.363 e. The normalized spacial score (nSPS) is 13.8. The van der Waals surface area contributed by atoms with Crippen molar-refractivity contribution in [1.82, 2.24) is 25.4 Å². The second-order valence-electron chi connectivity index (χ2n) is 7.28. The fourth-order valence-corrected chi connectivity index (χ4v) is 3.56. The molecule has 4 N–H and O–H groups in total. The van der Waals surface area contributed by atoms with Gasteiger partial charge in [-0.25, -0.2) is 9.67 Å². The van der Waals surface area contributed by atoms with E-state index >= 15 is 0 Å². The highest BCUT2D eigenvalue weighted by atomic mass is 16.2. The first-order valence-electron chi connectivity index (χ1n) is 9.95. The van der Waals surface area contributed by atoms with Gasteiger partial charge in [-0.1, -0.05) is 30.3 Å². The lowest BCUT2D eigenvalue weighted by molar-refractivity contribution is -0.136. The SMILES string of the molecule is NC(=O)C(=O)CC(NC(=O)c1cccnc1-n1cc2c(n1)CNCC2)c1ccccc1. The molecule has 4 rings (SSSR count). The van der Waals surface area contributed by atoms with Crippen molar-refractivity contribution < 1.29 is 14.4 Å². The number of carbonyl (C=O) groups excluding carboxylic acids is 3. The molecule has 0 bridgehead atoms. The third-order valence-corrected chi connectivity index (χ3v) is 5.16. The third-order valence-electron chi connectivity index (χ3n) is 5.16. The number of pyridine rings is 1. The molecule has 1 atom stereocenters. The first-order valence-corrected chi connectivity index (χ1v) is 9.95. The monoisotopic (exact) mass is 418 g/mol. The van der Waals surface area contributed by atoms with Gasteiger partial charge in [0.25, 0.3) is 11.8 Å². The molecule has 31 heavy (non-hydrogen) atoms. The second-order valence-corrected chi connectivity index (χ2v) is 7.28. The Bertz CT molecular complexity index is 1100. The van der Waals surface area contributed by atoms with Crippen molar-refractivity contribution in [3.8, 4) is 5.82 Å². The summed E-state index contributed by atoms with van der Waals surface area (Å²) in [7, 11) is 0. The van der Waals surface area contributed by atoms with E-state index in [0.29, 0.717) is 23.5 Å². The zero-order valence-electron chi connectivity index (χ0n) is 16.7. The van der Waals surface area contributed by atoms with Crippen molar-refractivity contribution in [2.45, 2.75) is 25.4 Å². The zero-order chi connectivity index (χ0) is 21.8. The quantitative estimate of drug-likeness (QED) is 0.487. The van der Waals surface area contributed by atoms with Crippen LogP contribution in [0.2, 0.25) is 0 Å². The Morgan fingerprint density at radius 3 is 2.71 bits per heavy atom. The molecule has 1 unspecified atom stereocenters. The lowest BCUT2D eigenvalue weighted by Crippen LogP contribution is -2.34. The average Bonchev–Trinajstić information content (AvgIpc) is 3.23. The Morgan fingerprint density at radius 1 is 1.16 bits per heavy atom. The highest BCUT2D eigenvalue weighted by Crippen LogP contribution is 2.20. The number of aromatic nitrogens is 3. The molecule has 9 heteroatoms. The maximum absolute atomic E-state index is 13.2. The number of Topliss-reactive ketones (excluding diaryl/α,β-unsaturated/α-hetero) is 1. The number of carbonyl (C=O) groups is 3.